The minimum Gasteiger partial charge on any atom is -0.310 e. The van der Waals surface area contributed by atoms with Crippen molar-refractivity contribution in [2.45, 2.75) is 63.3 Å². The Labute approximate surface area is 132 Å². The zero-order valence-electron chi connectivity index (χ0n) is 13.1. The molecule has 0 amide bonds. The van der Waals surface area contributed by atoms with Gasteiger partial charge in [0.2, 0.25) is 10.0 Å². The van der Waals surface area contributed by atoms with E-state index < -0.39 is 10.0 Å². The van der Waals surface area contributed by atoms with Gasteiger partial charge in [-0.3, -0.25) is 0 Å². The molecule has 21 heavy (non-hydrogen) atoms. The van der Waals surface area contributed by atoms with Crippen molar-refractivity contribution in [1.29, 1.82) is 0 Å². The maximum Gasteiger partial charge on any atom is 0.250 e. The molecule has 0 bridgehead atoms. The van der Waals surface area contributed by atoms with Gasteiger partial charge in [-0.1, -0.05) is 26.7 Å². The molecule has 1 heterocycles. The van der Waals surface area contributed by atoms with E-state index in [2.05, 4.69) is 23.9 Å². The molecule has 1 fully saturated rings. The summed E-state index contributed by atoms with van der Waals surface area (Å²) in [4.78, 5) is 1.10. The van der Waals surface area contributed by atoms with Crippen LogP contribution in [0, 0.1) is 12.8 Å². The normalized spacial score (nSPS) is 15.8. The van der Waals surface area contributed by atoms with E-state index in [-0.39, 0.29) is 0 Å². The lowest BCUT2D eigenvalue weighted by Gasteiger charge is -2.06. The number of rotatable bonds is 9. The van der Waals surface area contributed by atoms with Crippen molar-refractivity contribution in [1.82, 2.24) is 10.0 Å². The molecule has 0 saturated heterocycles. The molecule has 1 aromatic heterocycles. The van der Waals surface area contributed by atoms with Crippen molar-refractivity contribution in [3.05, 3.63) is 16.5 Å². The Morgan fingerprint density at radius 1 is 1.38 bits per heavy atom. The SMILES string of the molecule is Cc1cc(S(=O)(=O)NCCCC2CC2)sc1CNC(C)C. The Morgan fingerprint density at radius 3 is 2.71 bits per heavy atom. The highest BCUT2D eigenvalue weighted by Gasteiger charge is 2.22. The summed E-state index contributed by atoms with van der Waals surface area (Å²) in [6.07, 6.45) is 4.73. The van der Waals surface area contributed by atoms with Crippen LogP contribution in [0.2, 0.25) is 0 Å². The highest BCUT2D eigenvalue weighted by molar-refractivity contribution is 7.91. The Morgan fingerprint density at radius 2 is 2.10 bits per heavy atom. The molecule has 0 aliphatic heterocycles. The minimum atomic E-state index is -3.34. The fraction of sp³-hybridized carbons (Fsp3) is 0.733. The summed E-state index contributed by atoms with van der Waals surface area (Å²) in [5.74, 6) is 0.854. The second kappa shape index (κ2) is 7.22. The molecule has 0 aromatic carbocycles. The van der Waals surface area contributed by atoms with Gasteiger partial charge < -0.3 is 5.32 Å². The van der Waals surface area contributed by atoms with Crippen LogP contribution in [0.5, 0.6) is 0 Å². The van der Waals surface area contributed by atoms with Crippen molar-refractivity contribution >= 4 is 21.4 Å². The van der Waals surface area contributed by atoms with Crippen LogP contribution in [0.1, 0.15) is 50.0 Å². The van der Waals surface area contributed by atoms with E-state index in [9.17, 15) is 8.42 Å². The van der Waals surface area contributed by atoms with Crippen LogP contribution >= 0.6 is 11.3 Å². The van der Waals surface area contributed by atoms with Crippen LogP contribution in [0.4, 0.5) is 0 Å². The molecule has 1 aromatic rings. The van der Waals surface area contributed by atoms with Crippen molar-refractivity contribution < 1.29 is 8.42 Å². The molecule has 120 valence electrons. The molecule has 0 atom stereocenters. The van der Waals surface area contributed by atoms with Crippen LogP contribution in [-0.4, -0.2) is 21.0 Å². The number of nitrogens with one attached hydrogen (secondary N) is 2. The van der Waals surface area contributed by atoms with Crippen LogP contribution < -0.4 is 10.0 Å². The van der Waals surface area contributed by atoms with Crippen molar-refractivity contribution in [3.63, 3.8) is 0 Å². The molecular weight excluding hydrogens is 304 g/mol. The highest BCUT2D eigenvalue weighted by Crippen LogP contribution is 2.33. The molecule has 0 spiro atoms. The highest BCUT2D eigenvalue weighted by atomic mass is 32.2. The molecular formula is C15H26N2O2S2. The molecule has 2 N–H and O–H groups in total. The lowest BCUT2D eigenvalue weighted by Crippen LogP contribution is -2.24. The van der Waals surface area contributed by atoms with E-state index in [1.54, 1.807) is 6.07 Å². The van der Waals surface area contributed by atoms with Gasteiger partial charge in [0.15, 0.2) is 0 Å². The van der Waals surface area contributed by atoms with E-state index in [0.717, 1.165) is 35.7 Å². The first-order chi connectivity index (χ1) is 9.88. The fourth-order valence-electron chi connectivity index (χ4n) is 2.17. The third-order valence-electron chi connectivity index (χ3n) is 3.71. The maximum absolute atomic E-state index is 12.3. The van der Waals surface area contributed by atoms with Crippen LogP contribution in [0.3, 0.4) is 0 Å². The lowest BCUT2D eigenvalue weighted by atomic mass is 10.2. The molecule has 1 aliphatic rings. The summed E-state index contributed by atoms with van der Waals surface area (Å²) in [5, 5.41) is 3.33. The molecule has 6 heteroatoms. The van der Waals surface area contributed by atoms with Gasteiger partial charge in [-0.25, -0.2) is 13.1 Å². The second-order valence-electron chi connectivity index (χ2n) is 6.19. The third-order valence-corrected chi connectivity index (χ3v) is 6.88. The molecule has 1 aliphatic carbocycles. The van der Waals surface area contributed by atoms with Crippen LogP contribution in [0.25, 0.3) is 0 Å². The van der Waals surface area contributed by atoms with E-state index in [0.29, 0.717) is 16.8 Å². The number of hydrogen-bond acceptors (Lipinski definition) is 4. The van der Waals surface area contributed by atoms with Gasteiger partial charge in [-0.05, 0) is 37.3 Å². The summed E-state index contributed by atoms with van der Waals surface area (Å²) < 4.78 is 27.7. The van der Waals surface area contributed by atoms with E-state index in [4.69, 9.17) is 0 Å². The Balaban J connectivity index is 1.90. The van der Waals surface area contributed by atoms with Crippen molar-refractivity contribution in [3.8, 4) is 0 Å². The minimum absolute atomic E-state index is 0.395. The number of aryl methyl sites for hydroxylation is 1. The lowest BCUT2D eigenvalue weighted by molar-refractivity contribution is 0.574. The zero-order valence-corrected chi connectivity index (χ0v) is 14.7. The summed E-state index contributed by atoms with van der Waals surface area (Å²) in [6.45, 7) is 7.42. The van der Waals surface area contributed by atoms with Gasteiger partial charge in [0.1, 0.15) is 4.21 Å². The fourth-order valence-corrected chi connectivity index (χ4v) is 4.83. The first kappa shape index (κ1) is 16.9. The Bertz CT molecular complexity index is 560. The maximum atomic E-state index is 12.3. The quantitative estimate of drug-likeness (QED) is 0.684. The van der Waals surface area contributed by atoms with E-state index in [1.807, 2.05) is 6.92 Å². The molecule has 0 radical (unpaired) electrons. The zero-order chi connectivity index (χ0) is 15.5. The number of thiophene rings is 1. The second-order valence-corrected chi connectivity index (χ2v) is 9.32. The van der Waals surface area contributed by atoms with Gasteiger partial charge in [-0.15, -0.1) is 11.3 Å². The summed E-state index contributed by atoms with van der Waals surface area (Å²) >= 11 is 1.37. The third kappa shape index (κ3) is 5.36. The topological polar surface area (TPSA) is 58.2 Å². The van der Waals surface area contributed by atoms with Gasteiger partial charge in [-0.2, -0.15) is 0 Å². The summed E-state index contributed by atoms with van der Waals surface area (Å²) in [7, 11) is -3.34. The molecule has 2 rings (SSSR count). The first-order valence-electron chi connectivity index (χ1n) is 7.71. The average molecular weight is 331 g/mol. The van der Waals surface area contributed by atoms with Crippen molar-refractivity contribution in [2.24, 2.45) is 5.92 Å². The average Bonchev–Trinajstić information content (AvgIpc) is 3.14. The van der Waals surface area contributed by atoms with Crippen LogP contribution in [-0.2, 0) is 16.6 Å². The first-order valence-corrected chi connectivity index (χ1v) is 10.0. The predicted octanol–water partition coefficient (Wildman–Crippen LogP) is 3.02. The van der Waals surface area contributed by atoms with Gasteiger partial charge >= 0.3 is 0 Å². The smallest absolute Gasteiger partial charge is 0.250 e. The standard InChI is InChI=1S/C15H26N2O2S2/c1-11(2)16-10-14-12(3)9-15(20-14)21(18,19)17-8-4-5-13-6-7-13/h9,11,13,16-17H,4-8,10H2,1-3H3. The van der Waals surface area contributed by atoms with E-state index in [1.165, 1.54) is 24.2 Å². The van der Waals surface area contributed by atoms with Crippen LogP contribution in [0.15, 0.2) is 10.3 Å². The van der Waals surface area contributed by atoms with Gasteiger partial charge in [0.05, 0.1) is 0 Å². The Hall–Kier alpha value is -0.430. The largest absolute Gasteiger partial charge is 0.310 e. The molecule has 4 nitrogen and oxygen atoms in total. The number of hydrogen-bond donors (Lipinski definition) is 2. The predicted molar refractivity (Wildman–Crippen MR) is 88.2 cm³/mol. The molecule has 1 saturated carbocycles. The van der Waals surface area contributed by atoms with E-state index >= 15 is 0 Å². The van der Waals surface area contributed by atoms with Gasteiger partial charge in [0.25, 0.3) is 0 Å². The Kier molecular flexibility index (Phi) is 5.82. The monoisotopic (exact) mass is 330 g/mol. The summed E-state index contributed by atoms with van der Waals surface area (Å²) in [5.41, 5.74) is 1.05. The summed E-state index contributed by atoms with van der Waals surface area (Å²) in [6, 6.07) is 2.18. The van der Waals surface area contributed by atoms with Crippen molar-refractivity contribution in [2.75, 3.05) is 6.54 Å². The number of sulfonamides is 1. The van der Waals surface area contributed by atoms with Gasteiger partial charge in [0, 0.05) is 24.0 Å². The molecule has 0 unspecified atom stereocenters.